The van der Waals surface area contributed by atoms with E-state index in [-0.39, 0.29) is 17.2 Å². The van der Waals surface area contributed by atoms with Crippen LogP contribution in [0.3, 0.4) is 0 Å². The van der Waals surface area contributed by atoms with Gasteiger partial charge >= 0.3 is 18.1 Å². The zero-order chi connectivity index (χ0) is 26.9. The van der Waals surface area contributed by atoms with Crippen LogP contribution in [0.2, 0.25) is 0 Å². The minimum absolute atomic E-state index is 0.140. The summed E-state index contributed by atoms with van der Waals surface area (Å²) in [6, 6.07) is 12.0. The van der Waals surface area contributed by atoms with E-state index in [9.17, 15) is 50.1 Å². The van der Waals surface area contributed by atoms with Gasteiger partial charge in [-0.15, -0.1) is 0 Å². The molecular weight excluding hydrogens is 502 g/mol. The molecule has 0 radical (unpaired) electrons. The Labute approximate surface area is 198 Å². The molecule has 3 N–H and O–H groups in total. The summed E-state index contributed by atoms with van der Waals surface area (Å²) in [5.74, 6) is -9.69. The van der Waals surface area contributed by atoms with Crippen molar-refractivity contribution in [3.05, 3.63) is 107 Å². The van der Waals surface area contributed by atoms with Crippen molar-refractivity contribution in [2.75, 3.05) is 0 Å². The van der Waals surface area contributed by atoms with E-state index in [4.69, 9.17) is 0 Å². The van der Waals surface area contributed by atoms with Gasteiger partial charge in [0.15, 0.2) is 0 Å². The Morgan fingerprint density at radius 1 is 0.722 bits per heavy atom. The molecule has 3 rings (SSSR count). The Balaban J connectivity index is 2.36. The van der Waals surface area contributed by atoms with Gasteiger partial charge in [0.2, 0.25) is 0 Å². The first kappa shape index (κ1) is 27.1. The maximum Gasteiger partial charge on any atom is 0.453 e. The number of nitrogens with one attached hydrogen (secondary N) is 1. The second kappa shape index (κ2) is 9.51. The maximum absolute atomic E-state index is 14.4. The third kappa shape index (κ3) is 5.49. The zero-order valence-electron chi connectivity index (χ0n) is 18.0. The lowest BCUT2D eigenvalue weighted by Gasteiger charge is -2.38. The Kier molecular flexibility index (Phi) is 7.15. The van der Waals surface area contributed by atoms with Crippen molar-refractivity contribution in [3.63, 3.8) is 0 Å². The average Bonchev–Trinajstić information content (AvgIpc) is 2.78. The van der Waals surface area contributed by atoms with Gasteiger partial charge in [0.05, 0.1) is 11.1 Å². The first-order valence-corrected chi connectivity index (χ1v) is 10.1. The lowest BCUT2D eigenvalue weighted by molar-refractivity contribution is -0.329. The number of aliphatic hydroxyl groups is 2. The molecule has 0 bridgehead atoms. The summed E-state index contributed by atoms with van der Waals surface area (Å²) in [6.07, 6.45) is -11.6. The highest BCUT2D eigenvalue weighted by atomic mass is 19.4. The summed E-state index contributed by atoms with van der Waals surface area (Å²) in [6.45, 7) is 0. The minimum Gasteiger partial charge on any atom is -0.351 e. The molecule has 0 fully saturated rings. The van der Waals surface area contributed by atoms with Crippen molar-refractivity contribution < 1.29 is 50.1 Å². The van der Waals surface area contributed by atoms with Crippen molar-refractivity contribution in [1.82, 2.24) is 5.32 Å². The molecular formula is C24H17F8NO3. The first-order valence-electron chi connectivity index (χ1n) is 10.1. The summed E-state index contributed by atoms with van der Waals surface area (Å²) in [5.41, 5.74) is -4.68. The summed E-state index contributed by atoms with van der Waals surface area (Å²) in [5, 5.41) is 20.8. The molecule has 0 aliphatic carbocycles. The van der Waals surface area contributed by atoms with Gasteiger partial charge in [0, 0.05) is 6.42 Å². The van der Waals surface area contributed by atoms with Crippen molar-refractivity contribution in [3.8, 4) is 0 Å². The molecule has 192 valence electrons. The van der Waals surface area contributed by atoms with E-state index < -0.39 is 58.8 Å². The smallest absolute Gasteiger partial charge is 0.351 e. The van der Waals surface area contributed by atoms with Crippen LogP contribution in [0.1, 0.15) is 22.3 Å². The van der Waals surface area contributed by atoms with Gasteiger partial charge in [0.25, 0.3) is 5.91 Å². The van der Waals surface area contributed by atoms with E-state index in [1.54, 1.807) is 11.4 Å². The molecule has 1 atom stereocenters. The topological polar surface area (TPSA) is 69.6 Å². The van der Waals surface area contributed by atoms with Crippen LogP contribution >= 0.6 is 0 Å². The van der Waals surface area contributed by atoms with Gasteiger partial charge in [0.1, 0.15) is 11.6 Å². The number of carbonyl (C=O) groups excluding carboxylic acids is 1. The van der Waals surface area contributed by atoms with Crippen LogP contribution in [0.4, 0.5) is 35.1 Å². The van der Waals surface area contributed by atoms with E-state index >= 15 is 0 Å². The Hall–Kier alpha value is -3.51. The molecule has 0 spiro atoms. The summed E-state index contributed by atoms with van der Waals surface area (Å²) >= 11 is 0. The fraction of sp³-hybridized carbons (Fsp3) is 0.208. The van der Waals surface area contributed by atoms with Gasteiger partial charge in [-0.3, -0.25) is 4.79 Å². The predicted molar refractivity (Wildman–Crippen MR) is 110 cm³/mol. The van der Waals surface area contributed by atoms with Crippen LogP contribution in [0, 0.1) is 11.6 Å². The van der Waals surface area contributed by atoms with Gasteiger partial charge < -0.3 is 15.5 Å². The Morgan fingerprint density at radius 3 is 1.81 bits per heavy atom. The molecule has 1 amide bonds. The quantitative estimate of drug-likeness (QED) is 0.323. The van der Waals surface area contributed by atoms with Crippen molar-refractivity contribution >= 4 is 5.91 Å². The van der Waals surface area contributed by atoms with Crippen LogP contribution in [0.15, 0.2) is 72.8 Å². The van der Waals surface area contributed by atoms with Gasteiger partial charge in [-0.05, 0) is 47.0 Å². The fourth-order valence-electron chi connectivity index (χ4n) is 3.61. The van der Waals surface area contributed by atoms with E-state index in [2.05, 4.69) is 0 Å². The molecule has 0 saturated heterocycles. The van der Waals surface area contributed by atoms with Crippen molar-refractivity contribution in [2.45, 2.75) is 30.1 Å². The molecule has 0 heterocycles. The highest BCUT2D eigenvalue weighted by molar-refractivity contribution is 5.85. The molecule has 12 heteroatoms. The standard InChI is InChI=1S/C24H17F8NO3/c25-18-8-6-15(7-9-18)21(13-14-4-2-1-3-5-14,33-20(34)22(35,36)24(30,31)32)16-10-17(23(27,28)29)12-19(26)11-16/h1-12,35-36H,13H2,(H,33,34). The van der Waals surface area contributed by atoms with Crippen LogP contribution in [-0.2, 0) is 22.9 Å². The largest absolute Gasteiger partial charge is 0.453 e. The molecule has 0 aliphatic heterocycles. The SMILES string of the molecule is O=C(NC(Cc1ccccc1)(c1ccc(F)cc1)c1cc(F)cc(C(F)(F)F)c1)C(O)(O)C(F)(F)F. The minimum atomic E-state index is -5.91. The third-order valence-corrected chi connectivity index (χ3v) is 5.41. The van der Waals surface area contributed by atoms with Crippen molar-refractivity contribution in [2.24, 2.45) is 0 Å². The number of amides is 1. The number of rotatable bonds is 6. The Morgan fingerprint density at radius 2 is 1.28 bits per heavy atom. The van der Waals surface area contributed by atoms with E-state index in [0.717, 1.165) is 24.3 Å². The summed E-state index contributed by atoms with van der Waals surface area (Å²) in [7, 11) is 0. The molecule has 3 aromatic carbocycles. The molecule has 1 unspecified atom stereocenters. The van der Waals surface area contributed by atoms with Gasteiger partial charge in [-0.25, -0.2) is 8.78 Å². The van der Waals surface area contributed by atoms with Crippen molar-refractivity contribution in [1.29, 1.82) is 0 Å². The zero-order valence-corrected chi connectivity index (χ0v) is 18.0. The van der Waals surface area contributed by atoms with E-state index in [1.807, 2.05) is 0 Å². The monoisotopic (exact) mass is 519 g/mol. The predicted octanol–water partition coefficient (Wildman–Crippen LogP) is 4.83. The second-order valence-corrected chi connectivity index (χ2v) is 7.93. The number of carbonyl (C=O) groups is 1. The van der Waals surface area contributed by atoms with Gasteiger partial charge in [-0.1, -0.05) is 42.5 Å². The third-order valence-electron chi connectivity index (χ3n) is 5.41. The molecule has 0 saturated carbocycles. The average molecular weight is 519 g/mol. The maximum atomic E-state index is 14.4. The van der Waals surface area contributed by atoms with Gasteiger partial charge in [-0.2, -0.15) is 26.3 Å². The van der Waals surface area contributed by atoms with Crippen LogP contribution in [-0.4, -0.2) is 28.1 Å². The highest BCUT2D eigenvalue weighted by Gasteiger charge is 2.60. The number of hydrogen-bond acceptors (Lipinski definition) is 3. The van der Waals surface area contributed by atoms with Crippen LogP contribution in [0.25, 0.3) is 0 Å². The lowest BCUT2D eigenvalue weighted by Crippen LogP contribution is -2.62. The highest BCUT2D eigenvalue weighted by Crippen LogP contribution is 2.39. The number of hydrogen-bond donors (Lipinski definition) is 3. The molecule has 0 aromatic heterocycles. The second-order valence-electron chi connectivity index (χ2n) is 7.93. The molecule has 36 heavy (non-hydrogen) atoms. The van der Waals surface area contributed by atoms with Crippen LogP contribution < -0.4 is 5.32 Å². The lowest BCUT2D eigenvalue weighted by atomic mass is 9.77. The van der Waals surface area contributed by atoms with Crippen LogP contribution in [0.5, 0.6) is 0 Å². The Bertz CT molecular complexity index is 1220. The molecule has 0 aliphatic rings. The number of alkyl halides is 6. The molecule has 3 aromatic rings. The fourth-order valence-corrected chi connectivity index (χ4v) is 3.61. The number of halogens is 8. The normalized spacial score (nSPS) is 14.3. The van der Waals surface area contributed by atoms with E-state index in [1.165, 1.54) is 24.3 Å². The first-order chi connectivity index (χ1) is 16.6. The van der Waals surface area contributed by atoms with E-state index in [0.29, 0.717) is 12.1 Å². The summed E-state index contributed by atoms with van der Waals surface area (Å²) < 4.78 is 108. The number of benzene rings is 3. The molecule has 4 nitrogen and oxygen atoms in total. The summed E-state index contributed by atoms with van der Waals surface area (Å²) in [4.78, 5) is 12.6.